The van der Waals surface area contributed by atoms with E-state index < -0.39 is 0 Å². The molecule has 6 nitrogen and oxygen atoms in total. The maximum Gasteiger partial charge on any atom is 0.255 e. The van der Waals surface area contributed by atoms with Gasteiger partial charge in [-0.15, -0.1) is 0 Å². The van der Waals surface area contributed by atoms with E-state index in [1.165, 1.54) is 0 Å². The van der Waals surface area contributed by atoms with Gasteiger partial charge >= 0.3 is 0 Å². The van der Waals surface area contributed by atoms with Gasteiger partial charge in [0.25, 0.3) is 5.91 Å². The highest BCUT2D eigenvalue weighted by Crippen LogP contribution is 2.35. The standard InChI is InChI=1S/C22H22N4O2S/c1-12-10-18-20(29-22(23-18)26-14(3)11-13(2)25-26)15(4)19(12)24-21(27)16-6-8-17(28-5)9-7-16/h6-11H,1-5H3,(H,24,27). The number of benzene rings is 2. The molecule has 0 atom stereocenters. The Morgan fingerprint density at radius 1 is 1.10 bits per heavy atom. The van der Waals surface area contributed by atoms with E-state index >= 15 is 0 Å². The van der Waals surface area contributed by atoms with Crippen molar-refractivity contribution in [2.45, 2.75) is 27.7 Å². The Morgan fingerprint density at radius 3 is 2.45 bits per heavy atom. The fourth-order valence-corrected chi connectivity index (χ4v) is 4.47. The summed E-state index contributed by atoms with van der Waals surface area (Å²) in [7, 11) is 1.60. The van der Waals surface area contributed by atoms with Crippen molar-refractivity contribution >= 4 is 33.1 Å². The first-order valence-corrected chi connectivity index (χ1v) is 10.1. The average molecular weight is 407 g/mol. The summed E-state index contributed by atoms with van der Waals surface area (Å²) < 4.78 is 8.07. The van der Waals surface area contributed by atoms with Crippen LogP contribution in [0.15, 0.2) is 36.4 Å². The van der Waals surface area contributed by atoms with Crippen LogP contribution in [0, 0.1) is 27.7 Å². The van der Waals surface area contributed by atoms with Crippen LogP contribution in [0.1, 0.15) is 32.9 Å². The highest BCUT2D eigenvalue weighted by Gasteiger charge is 2.17. The van der Waals surface area contributed by atoms with Crippen LogP contribution in [-0.4, -0.2) is 27.8 Å². The molecule has 4 aromatic rings. The van der Waals surface area contributed by atoms with Gasteiger partial charge in [0.05, 0.1) is 23.0 Å². The van der Waals surface area contributed by atoms with E-state index in [2.05, 4.69) is 10.4 Å². The Bertz CT molecular complexity index is 1220. The third-order valence-corrected chi connectivity index (χ3v) is 6.05. The number of fused-ring (bicyclic) bond motifs is 1. The van der Waals surface area contributed by atoms with Crippen LogP contribution in [0.5, 0.6) is 5.75 Å². The van der Waals surface area contributed by atoms with Gasteiger partial charge in [-0.05, 0) is 75.2 Å². The fraction of sp³-hybridized carbons (Fsp3) is 0.227. The first-order chi connectivity index (χ1) is 13.9. The topological polar surface area (TPSA) is 69.0 Å². The van der Waals surface area contributed by atoms with Crippen LogP contribution in [0.3, 0.4) is 0 Å². The summed E-state index contributed by atoms with van der Waals surface area (Å²) in [5.41, 5.74) is 6.30. The summed E-state index contributed by atoms with van der Waals surface area (Å²) in [6.07, 6.45) is 0. The molecule has 2 aromatic carbocycles. The number of carbonyl (C=O) groups is 1. The molecule has 0 saturated heterocycles. The van der Waals surface area contributed by atoms with Gasteiger partial charge in [0.1, 0.15) is 5.75 Å². The molecule has 0 saturated carbocycles. The van der Waals surface area contributed by atoms with Crippen LogP contribution in [-0.2, 0) is 0 Å². The largest absolute Gasteiger partial charge is 0.497 e. The lowest BCUT2D eigenvalue weighted by atomic mass is 10.1. The van der Waals surface area contributed by atoms with Crippen molar-refractivity contribution in [1.29, 1.82) is 0 Å². The zero-order valence-corrected chi connectivity index (χ0v) is 17.8. The third-order valence-electron chi connectivity index (χ3n) is 4.89. The van der Waals surface area contributed by atoms with Crippen molar-refractivity contribution < 1.29 is 9.53 Å². The van der Waals surface area contributed by atoms with Gasteiger partial charge in [-0.2, -0.15) is 5.10 Å². The SMILES string of the molecule is COc1ccc(C(=O)Nc2c(C)cc3nc(-n4nc(C)cc4C)sc3c2C)cc1. The number of carbonyl (C=O) groups excluding carboxylic acids is 1. The minimum atomic E-state index is -0.151. The number of aromatic nitrogens is 3. The van der Waals surface area contributed by atoms with Crippen LogP contribution < -0.4 is 10.1 Å². The average Bonchev–Trinajstić information content (AvgIpc) is 3.27. The van der Waals surface area contributed by atoms with Gasteiger partial charge in [-0.1, -0.05) is 11.3 Å². The van der Waals surface area contributed by atoms with Crippen molar-refractivity contribution in [3.63, 3.8) is 0 Å². The predicted octanol–water partition coefficient (Wildman–Crippen LogP) is 4.98. The Morgan fingerprint density at radius 2 is 1.83 bits per heavy atom. The van der Waals surface area contributed by atoms with E-state index in [0.717, 1.165) is 49.3 Å². The molecule has 0 fully saturated rings. The molecule has 0 bridgehead atoms. The molecule has 0 aliphatic heterocycles. The predicted molar refractivity (Wildman–Crippen MR) is 117 cm³/mol. The zero-order chi connectivity index (χ0) is 20.7. The molecule has 148 valence electrons. The quantitative estimate of drug-likeness (QED) is 0.519. The minimum absolute atomic E-state index is 0.151. The molecule has 1 amide bonds. The van der Waals surface area contributed by atoms with Crippen molar-refractivity contribution in [3.8, 4) is 10.9 Å². The second-order valence-electron chi connectivity index (χ2n) is 7.06. The summed E-state index contributed by atoms with van der Waals surface area (Å²) in [6.45, 7) is 7.99. The number of hydrogen-bond acceptors (Lipinski definition) is 5. The molecule has 1 N–H and O–H groups in total. The molecular formula is C22H22N4O2S. The van der Waals surface area contributed by atoms with E-state index in [0.29, 0.717) is 5.56 Å². The number of methoxy groups -OCH3 is 1. The second-order valence-corrected chi connectivity index (χ2v) is 8.04. The Hall–Kier alpha value is -3.19. The van der Waals surface area contributed by atoms with Crippen LogP contribution in [0.4, 0.5) is 5.69 Å². The summed E-state index contributed by atoms with van der Waals surface area (Å²) in [5, 5.41) is 8.43. The van der Waals surface area contributed by atoms with Gasteiger partial charge in [0.15, 0.2) is 0 Å². The zero-order valence-electron chi connectivity index (χ0n) is 17.0. The fourth-order valence-electron chi connectivity index (χ4n) is 3.41. The van der Waals surface area contributed by atoms with E-state index in [-0.39, 0.29) is 5.91 Å². The van der Waals surface area contributed by atoms with E-state index in [9.17, 15) is 4.79 Å². The Labute approximate surface area is 173 Å². The highest BCUT2D eigenvalue weighted by molar-refractivity contribution is 7.21. The number of ether oxygens (including phenoxy) is 1. The minimum Gasteiger partial charge on any atom is -0.497 e. The summed E-state index contributed by atoms with van der Waals surface area (Å²) in [4.78, 5) is 17.5. The molecule has 29 heavy (non-hydrogen) atoms. The molecule has 0 aliphatic carbocycles. The summed E-state index contributed by atoms with van der Waals surface area (Å²) in [6, 6.07) is 11.1. The van der Waals surface area contributed by atoms with Crippen molar-refractivity contribution in [1.82, 2.24) is 14.8 Å². The molecule has 0 spiro atoms. The van der Waals surface area contributed by atoms with E-state index in [1.54, 1.807) is 42.7 Å². The van der Waals surface area contributed by atoms with Crippen molar-refractivity contribution in [2.75, 3.05) is 12.4 Å². The van der Waals surface area contributed by atoms with E-state index in [4.69, 9.17) is 9.72 Å². The van der Waals surface area contributed by atoms with Gasteiger partial charge in [-0.3, -0.25) is 4.79 Å². The van der Waals surface area contributed by atoms with Crippen LogP contribution in [0.25, 0.3) is 15.3 Å². The van der Waals surface area contributed by atoms with Gasteiger partial charge in [0.2, 0.25) is 5.13 Å². The first kappa shape index (κ1) is 19.1. The van der Waals surface area contributed by atoms with Gasteiger partial charge in [0, 0.05) is 16.9 Å². The van der Waals surface area contributed by atoms with Crippen molar-refractivity contribution in [2.24, 2.45) is 0 Å². The summed E-state index contributed by atoms with van der Waals surface area (Å²) in [5.74, 6) is 0.568. The number of anilines is 1. The molecular weight excluding hydrogens is 384 g/mol. The van der Waals surface area contributed by atoms with E-state index in [1.807, 2.05) is 44.5 Å². The van der Waals surface area contributed by atoms with Crippen molar-refractivity contribution in [3.05, 3.63) is 64.5 Å². The second kappa shape index (κ2) is 7.33. The molecule has 7 heteroatoms. The van der Waals surface area contributed by atoms with Crippen LogP contribution in [0.2, 0.25) is 0 Å². The third kappa shape index (κ3) is 3.49. The summed E-state index contributed by atoms with van der Waals surface area (Å²) >= 11 is 1.58. The Kier molecular flexibility index (Phi) is 4.84. The lowest BCUT2D eigenvalue weighted by Crippen LogP contribution is -2.13. The number of aryl methyl sites for hydroxylation is 4. The maximum absolute atomic E-state index is 12.8. The number of rotatable bonds is 4. The lowest BCUT2D eigenvalue weighted by Gasteiger charge is -2.12. The molecule has 0 unspecified atom stereocenters. The highest BCUT2D eigenvalue weighted by atomic mass is 32.1. The molecule has 0 radical (unpaired) electrons. The number of nitrogens with one attached hydrogen (secondary N) is 1. The first-order valence-electron chi connectivity index (χ1n) is 9.27. The number of nitrogens with zero attached hydrogens (tertiary/aromatic N) is 3. The number of amides is 1. The van der Waals surface area contributed by atoms with Crippen LogP contribution >= 0.6 is 11.3 Å². The number of thiazole rings is 1. The molecule has 4 rings (SSSR count). The molecule has 2 heterocycles. The Balaban J connectivity index is 1.71. The normalized spacial score (nSPS) is 11.1. The molecule has 0 aliphatic rings. The lowest BCUT2D eigenvalue weighted by molar-refractivity contribution is 0.102. The van der Waals surface area contributed by atoms with Gasteiger partial charge < -0.3 is 10.1 Å². The molecule has 2 aromatic heterocycles. The maximum atomic E-state index is 12.8. The monoisotopic (exact) mass is 406 g/mol. The smallest absolute Gasteiger partial charge is 0.255 e. The van der Waals surface area contributed by atoms with Gasteiger partial charge in [-0.25, -0.2) is 9.67 Å². The number of hydrogen-bond donors (Lipinski definition) is 1.